The molecule has 0 amide bonds. The molecule has 0 radical (unpaired) electrons. The van der Waals surface area contributed by atoms with Crippen molar-refractivity contribution in [3.63, 3.8) is 0 Å². The molecule has 1 N–H and O–H groups in total. The van der Waals surface area contributed by atoms with Crippen molar-refractivity contribution < 1.29 is 4.42 Å². The minimum absolute atomic E-state index is 0.705. The topological polar surface area (TPSA) is 28.4 Å². The summed E-state index contributed by atoms with van der Waals surface area (Å²) in [5.74, 6) is 1.14. The van der Waals surface area contributed by atoms with Gasteiger partial charge in [0.15, 0.2) is 0 Å². The normalized spacial score (nSPS) is 21.2. The highest BCUT2D eigenvalue weighted by atomic mass is 16.3. The van der Waals surface area contributed by atoms with Crippen molar-refractivity contribution in [2.24, 2.45) is 0 Å². The van der Waals surface area contributed by atoms with Crippen LogP contribution in [0.15, 0.2) is 16.7 Å². The molecule has 1 aromatic rings. The van der Waals surface area contributed by atoms with Crippen molar-refractivity contribution in [3.05, 3.63) is 23.7 Å². The van der Waals surface area contributed by atoms with Gasteiger partial charge in [-0.25, -0.2) is 0 Å². The highest BCUT2D eigenvalue weighted by Gasteiger charge is 2.22. The molecule has 0 bridgehead atoms. The third-order valence-electron chi connectivity index (χ3n) is 3.62. The van der Waals surface area contributed by atoms with Crippen LogP contribution in [0, 0.1) is 0 Å². The molecule has 2 rings (SSSR count). The molecule has 0 aliphatic carbocycles. The molecule has 1 aromatic heterocycles. The van der Waals surface area contributed by atoms with Crippen LogP contribution in [0.4, 0.5) is 0 Å². The molecule has 1 fully saturated rings. The minimum atomic E-state index is 0.705. The highest BCUT2D eigenvalue weighted by molar-refractivity contribution is 5.17. The monoisotopic (exact) mass is 236 g/mol. The lowest BCUT2D eigenvalue weighted by molar-refractivity contribution is 0.237. The molecular formula is C14H24N2O. The summed E-state index contributed by atoms with van der Waals surface area (Å²) in [6.45, 7) is 8.69. The first-order valence-electron chi connectivity index (χ1n) is 6.81. The minimum Gasteiger partial charge on any atom is -0.468 e. The van der Waals surface area contributed by atoms with Gasteiger partial charge < -0.3 is 9.73 Å². The van der Waals surface area contributed by atoms with Crippen molar-refractivity contribution >= 4 is 0 Å². The smallest absolute Gasteiger partial charge is 0.122 e. The number of nitrogens with one attached hydrogen (secondary N) is 1. The van der Waals surface area contributed by atoms with E-state index < -0.39 is 0 Å². The van der Waals surface area contributed by atoms with Crippen LogP contribution in [0.3, 0.4) is 0 Å². The zero-order valence-corrected chi connectivity index (χ0v) is 11.0. The summed E-state index contributed by atoms with van der Waals surface area (Å²) < 4.78 is 5.62. The Kier molecular flexibility index (Phi) is 4.63. The van der Waals surface area contributed by atoms with Crippen molar-refractivity contribution in [1.82, 2.24) is 10.2 Å². The fourth-order valence-electron chi connectivity index (χ4n) is 2.48. The molecule has 1 aliphatic heterocycles. The number of likely N-dealkylation sites (tertiary alicyclic amines) is 1. The van der Waals surface area contributed by atoms with Crippen LogP contribution in [0.2, 0.25) is 0 Å². The first-order valence-corrected chi connectivity index (χ1v) is 6.81. The van der Waals surface area contributed by atoms with E-state index in [4.69, 9.17) is 4.42 Å². The van der Waals surface area contributed by atoms with Crippen molar-refractivity contribution in [2.75, 3.05) is 13.1 Å². The summed E-state index contributed by atoms with van der Waals surface area (Å²) in [4.78, 5) is 2.52. The number of nitrogens with zero attached hydrogens (tertiary/aromatic N) is 1. The average molecular weight is 236 g/mol. The van der Waals surface area contributed by atoms with Gasteiger partial charge in [-0.3, -0.25) is 4.90 Å². The molecule has 3 nitrogen and oxygen atoms in total. The van der Waals surface area contributed by atoms with Crippen molar-refractivity contribution in [3.8, 4) is 0 Å². The third kappa shape index (κ3) is 3.33. The first-order chi connectivity index (χ1) is 8.31. The van der Waals surface area contributed by atoms with Crippen molar-refractivity contribution in [1.29, 1.82) is 0 Å². The van der Waals surface area contributed by atoms with E-state index in [0.29, 0.717) is 6.04 Å². The first kappa shape index (κ1) is 12.7. The SMILES string of the molecule is CCCNCc1ccoc1CN1CCCC1C. The van der Waals surface area contributed by atoms with Gasteiger partial charge in [0, 0.05) is 18.2 Å². The Balaban J connectivity index is 1.89. The van der Waals surface area contributed by atoms with Crippen LogP contribution in [0.1, 0.15) is 44.4 Å². The second-order valence-corrected chi connectivity index (χ2v) is 5.01. The molecule has 0 aromatic carbocycles. The van der Waals surface area contributed by atoms with Crippen LogP contribution in [-0.4, -0.2) is 24.0 Å². The van der Waals surface area contributed by atoms with Crippen LogP contribution in [-0.2, 0) is 13.1 Å². The quantitative estimate of drug-likeness (QED) is 0.770. The Bertz CT molecular complexity index is 335. The third-order valence-corrected chi connectivity index (χ3v) is 3.62. The second kappa shape index (κ2) is 6.22. The summed E-state index contributed by atoms with van der Waals surface area (Å²) in [5.41, 5.74) is 1.32. The summed E-state index contributed by atoms with van der Waals surface area (Å²) in [6.07, 6.45) is 5.64. The lowest BCUT2D eigenvalue weighted by Gasteiger charge is -2.20. The zero-order chi connectivity index (χ0) is 12.1. The largest absolute Gasteiger partial charge is 0.468 e. The molecule has 1 unspecified atom stereocenters. The number of rotatable bonds is 6. The van der Waals surface area contributed by atoms with Gasteiger partial charge in [-0.1, -0.05) is 6.92 Å². The highest BCUT2D eigenvalue weighted by Crippen LogP contribution is 2.21. The van der Waals surface area contributed by atoms with E-state index in [1.165, 1.54) is 31.4 Å². The lowest BCUT2D eigenvalue weighted by atomic mass is 10.2. The number of furan rings is 1. The standard InChI is InChI=1S/C14H24N2O/c1-3-7-15-10-13-6-9-17-14(13)11-16-8-4-5-12(16)2/h6,9,12,15H,3-5,7-8,10-11H2,1-2H3. The Morgan fingerprint density at radius 1 is 1.53 bits per heavy atom. The Morgan fingerprint density at radius 2 is 2.41 bits per heavy atom. The molecule has 96 valence electrons. The lowest BCUT2D eigenvalue weighted by Crippen LogP contribution is -2.26. The van der Waals surface area contributed by atoms with Gasteiger partial charge >= 0.3 is 0 Å². The predicted molar refractivity (Wildman–Crippen MR) is 69.8 cm³/mol. The van der Waals surface area contributed by atoms with Crippen LogP contribution < -0.4 is 5.32 Å². The molecule has 1 saturated heterocycles. The second-order valence-electron chi connectivity index (χ2n) is 5.01. The van der Waals surface area contributed by atoms with E-state index in [1.54, 1.807) is 0 Å². The van der Waals surface area contributed by atoms with Gasteiger partial charge in [0.25, 0.3) is 0 Å². The van der Waals surface area contributed by atoms with Gasteiger partial charge in [0.05, 0.1) is 12.8 Å². The van der Waals surface area contributed by atoms with E-state index >= 15 is 0 Å². The summed E-state index contributed by atoms with van der Waals surface area (Å²) in [7, 11) is 0. The maximum absolute atomic E-state index is 5.62. The van der Waals surface area contributed by atoms with Crippen LogP contribution >= 0.6 is 0 Å². The Labute approximate surface area is 104 Å². The van der Waals surface area contributed by atoms with E-state index in [1.807, 2.05) is 6.26 Å². The van der Waals surface area contributed by atoms with E-state index in [0.717, 1.165) is 25.4 Å². The van der Waals surface area contributed by atoms with E-state index in [2.05, 4.69) is 30.1 Å². The summed E-state index contributed by atoms with van der Waals surface area (Å²) in [6, 6.07) is 2.80. The molecule has 0 saturated carbocycles. The fraction of sp³-hybridized carbons (Fsp3) is 0.714. The zero-order valence-electron chi connectivity index (χ0n) is 11.0. The molecule has 1 atom stereocenters. The maximum Gasteiger partial charge on any atom is 0.122 e. The summed E-state index contributed by atoms with van der Waals surface area (Å²) in [5, 5.41) is 3.44. The molecule has 1 aliphatic rings. The Hall–Kier alpha value is -0.800. The maximum atomic E-state index is 5.62. The molecule has 2 heterocycles. The van der Waals surface area contributed by atoms with Gasteiger partial charge in [-0.05, 0) is 45.3 Å². The van der Waals surface area contributed by atoms with E-state index in [-0.39, 0.29) is 0 Å². The fourth-order valence-corrected chi connectivity index (χ4v) is 2.48. The van der Waals surface area contributed by atoms with Gasteiger partial charge in [-0.15, -0.1) is 0 Å². The number of hydrogen-bond donors (Lipinski definition) is 1. The molecule has 0 spiro atoms. The van der Waals surface area contributed by atoms with Crippen LogP contribution in [0.5, 0.6) is 0 Å². The van der Waals surface area contributed by atoms with E-state index in [9.17, 15) is 0 Å². The van der Waals surface area contributed by atoms with Gasteiger partial charge in [-0.2, -0.15) is 0 Å². The van der Waals surface area contributed by atoms with Gasteiger partial charge in [0.1, 0.15) is 5.76 Å². The average Bonchev–Trinajstić information content (AvgIpc) is 2.91. The molecular weight excluding hydrogens is 212 g/mol. The van der Waals surface area contributed by atoms with Crippen molar-refractivity contribution in [2.45, 2.75) is 52.2 Å². The molecule has 17 heavy (non-hydrogen) atoms. The summed E-state index contributed by atoms with van der Waals surface area (Å²) >= 11 is 0. The van der Waals surface area contributed by atoms with Crippen LogP contribution in [0.25, 0.3) is 0 Å². The number of hydrogen-bond acceptors (Lipinski definition) is 3. The van der Waals surface area contributed by atoms with Gasteiger partial charge in [0.2, 0.25) is 0 Å². The Morgan fingerprint density at radius 3 is 3.12 bits per heavy atom. The molecule has 3 heteroatoms. The predicted octanol–water partition coefficient (Wildman–Crippen LogP) is 2.76.